The van der Waals surface area contributed by atoms with Gasteiger partial charge in [0.1, 0.15) is 5.69 Å². The van der Waals surface area contributed by atoms with Gasteiger partial charge in [0.2, 0.25) is 5.91 Å². The van der Waals surface area contributed by atoms with Crippen molar-refractivity contribution in [3.8, 4) is 10.6 Å². The average molecular weight is 487 g/mol. The summed E-state index contributed by atoms with van der Waals surface area (Å²) < 4.78 is 0.753. The molecule has 3 heterocycles. The molecule has 3 amide bonds. The molecule has 7 nitrogen and oxygen atoms in total. The Morgan fingerprint density at radius 3 is 2.83 bits per heavy atom. The first-order valence-corrected chi connectivity index (χ1v) is 11.2. The molecule has 1 aliphatic heterocycles. The van der Waals surface area contributed by atoms with Gasteiger partial charge in [-0.3, -0.25) is 19.3 Å². The Morgan fingerprint density at radius 1 is 1.20 bits per heavy atom. The van der Waals surface area contributed by atoms with E-state index < -0.39 is 0 Å². The lowest BCUT2D eigenvalue weighted by Gasteiger charge is -2.13. The molecular formula is C21H19BrN4O3S. The van der Waals surface area contributed by atoms with Crippen LogP contribution in [0.1, 0.15) is 39.3 Å². The smallest absolute Gasteiger partial charge is 0.261 e. The molecule has 3 aromatic rings. The largest absolute Gasteiger partial charge is 0.356 e. The second-order valence-corrected chi connectivity index (χ2v) is 8.73. The maximum atomic E-state index is 12.4. The van der Waals surface area contributed by atoms with E-state index in [-0.39, 0.29) is 30.7 Å². The number of H-pyrrole nitrogens is 1. The Balaban J connectivity index is 1.22. The van der Waals surface area contributed by atoms with E-state index in [1.165, 1.54) is 4.90 Å². The van der Waals surface area contributed by atoms with Crippen LogP contribution < -0.4 is 5.32 Å². The molecule has 0 saturated heterocycles. The molecule has 0 radical (unpaired) electrons. The number of imide groups is 1. The Morgan fingerprint density at radius 2 is 2.03 bits per heavy atom. The number of aromatic amines is 1. The summed E-state index contributed by atoms with van der Waals surface area (Å²) in [5.74, 6) is -0.716. The monoisotopic (exact) mass is 486 g/mol. The number of imidazole rings is 1. The van der Waals surface area contributed by atoms with Crippen molar-refractivity contribution in [1.82, 2.24) is 20.2 Å². The second kappa shape index (κ2) is 8.93. The third-order valence-electron chi connectivity index (χ3n) is 4.89. The number of carbonyl (C=O) groups excluding carboxylic acids is 3. The van der Waals surface area contributed by atoms with Gasteiger partial charge in [0, 0.05) is 36.1 Å². The van der Waals surface area contributed by atoms with Crippen LogP contribution in [0.25, 0.3) is 10.6 Å². The summed E-state index contributed by atoms with van der Waals surface area (Å²) in [6.45, 7) is 0.709. The van der Waals surface area contributed by atoms with Crippen molar-refractivity contribution in [3.05, 3.63) is 63.3 Å². The molecule has 154 valence electrons. The minimum atomic E-state index is -0.308. The molecule has 2 aromatic heterocycles. The van der Waals surface area contributed by atoms with Crippen LogP contribution >= 0.6 is 27.3 Å². The highest BCUT2D eigenvalue weighted by Crippen LogP contribution is 2.27. The van der Waals surface area contributed by atoms with Gasteiger partial charge in [0.15, 0.2) is 0 Å². The SMILES string of the molecule is O=C(CCCN1C(=O)c2ccc(Br)cc2C1=O)NCCc1[nH]cnc1-c1cccs1. The molecular weight excluding hydrogens is 468 g/mol. The van der Waals surface area contributed by atoms with Crippen molar-refractivity contribution in [2.24, 2.45) is 0 Å². The summed E-state index contributed by atoms with van der Waals surface area (Å²) in [5.41, 5.74) is 2.71. The Hall–Kier alpha value is -2.78. The lowest BCUT2D eigenvalue weighted by atomic mass is 10.1. The summed E-state index contributed by atoms with van der Waals surface area (Å²) in [6, 6.07) is 9.03. The first-order valence-electron chi connectivity index (χ1n) is 9.53. The fourth-order valence-corrected chi connectivity index (χ4v) is 4.53. The molecule has 4 rings (SSSR count). The van der Waals surface area contributed by atoms with Gasteiger partial charge in [-0.05, 0) is 36.1 Å². The predicted molar refractivity (Wildman–Crippen MR) is 117 cm³/mol. The third kappa shape index (κ3) is 4.22. The Bertz CT molecular complexity index is 1090. The number of thiophene rings is 1. The molecule has 2 N–H and O–H groups in total. The van der Waals surface area contributed by atoms with Gasteiger partial charge in [-0.2, -0.15) is 0 Å². The van der Waals surface area contributed by atoms with E-state index in [1.807, 2.05) is 17.5 Å². The predicted octanol–water partition coefficient (Wildman–Crippen LogP) is 3.64. The standard InChI is InChI=1S/C21H19BrN4O3S/c22-13-5-6-14-15(11-13)21(29)26(20(14)28)9-1-4-18(27)23-8-7-16-19(25-12-24-16)17-3-2-10-30-17/h2-3,5-6,10-12H,1,4,7-9H2,(H,23,27)(H,24,25). The molecule has 30 heavy (non-hydrogen) atoms. The number of carbonyl (C=O) groups is 3. The zero-order valence-corrected chi connectivity index (χ0v) is 18.4. The van der Waals surface area contributed by atoms with Crippen LogP contribution in [-0.2, 0) is 11.2 Å². The number of amides is 3. The summed E-state index contributed by atoms with van der Waals surface area (Å²) >= 11 is 4.94. The van der Waals surface area contributed by atoms with Gasteiger partial charge < -0.3 is 10.3 Å². The number of benzene rings is 1. The number of nitrogens with zero attached hydrogens (tertiary/aromatic N) is 2. The highest BCUT2D eigenvalue weighted by atomic mass is 79.9. The molecule has 9 heteroatoms. The summed E-state index contributed by atoms with van der Waals surface area (Å²) in [6.07, 6.45) is 2.97. The maximum absolute atomic E-state index is 12.4. The second-order valence-electron chi connectivity index (χ2n) is 6.86. The van der Waals surface area contributed by atoms with Crippen LogP contribution in [0.15, 0.2) is 46.5 Å². The van der Waals surface area contributed by atoms with Gasteiger partial charge in [-0.25, -0.2) is 4.98 Å². The summed E-state index contributed by atoms with van der Waals surface area (Å²) in [5, 5.41) is 4.89. The quantitative estimate of drug-likeness (QED) is 0.475. The first-order chi connectivity index (χ1) is 14.5. The zero-order valence-electron chi connectivity index (χ0n) is 16.0. The van der Waals surface area contributed by atoms with Crippen molar-refractivity contribution < 1.29 is 14.4 Å². The molecule has 0 atom stereocenters. The number of aromatic nitrogens is 2. The van der Waals surface area contributed by atoms with E-state index >= 15 is 0 Å². The van der Waals surface area contributed by atoms with E-state index in [9.17, 15) is 14.4 Å². The van der Waals surface area contributed by atoms with Crippen LogP contribution in [-0.4, -0.2) is 45.7 Å². The fraction of sp³-hybridized carbons (Fsp3) is 0.238. The molecule has 1 aliphatic rings. The van der Waals surface area contributed by atoms with Crippen LogP contribution in [0.4, 0.5) is 0 Å². The number of hydrogen-bond donors (Lipinski definition) is 2. The van der Waals surface area contributed by atoms with Gasteiger partial charge in [0.05, 0.1) is 22.3 Å². The Kier molecular flexibility index (Phi) is 6.10. The van der Waals surface area contributed by atoms with E-state index in [1.54, 1.807) is 35.9 Å². The number of hydrogen-bond acceptors (Lipinski definition) is 5. The highest BCUT2D eigenvalue weighted by Gasteiger charge is 2.35. The third-order valence-corrected chi connectivity index (χ3v) is 6.26. The lowest BCUT2D eigenvalue weighted by molar-refractivity contribution is -0.121. The van der Waals surface area contributed by atoms with Crippen molar-refractivity contribution in [2.45, 2.75) is 19.3 Å². The first kappa shape index (κ1) is 20.5. The fourth-order valence-electron chi connectivity index (χ4n) is 3.42. The maximum Gasteiger partial charge on any atom is 0.261 e. The van der Waals surface area contributed by atoms with Crippen LogP contribution in [0.3, 0.4) is 0 Å². The van der Waals surface area contributed by atoms with E-state index in [2.05, 4.69) is 31.2 Å². The van der Waals surface area contributed by atoms with Crippen molar-refractivity contribution >= 4 is 45.0 Å². The normalized spacial score (nSPS) is 13.0. The van der Waals surface area contributed by atoms with Crippen molar-refractivity contribution in [2.75, 3.05) is 13.1 Å². The van der Waals surface area contributed by atoms with E-state index in [4.69, 9.17) is 0 Å². The van der Waals surface area contributed by atoms with Crippen LogP contribution in [0.2, 0.25) is 0 Å². The molecule has 0 aliphatic carbocycles. The summed E-state index contributed by atoms with van der Waals surface area (Å²) in [7, 11) is 0. The number of fused-ring (bicyclic) bond motifs is 1. The van der Waals surface area contributed by atoms with E-state index in [0.29, 0.717) is 30.5 Å². The van der Waals surface area contributed by atoms with Crippen molar-refractivity contribution in [3.63, 3.8) is 0 Å². The molecule has 0 fully saturated rings. The topological polar surface area (TPSA) is 95.2 Å². The summed E-state index contributed by atoms with van der Waals surface area (Å²) in [4.78, 5) is 46.8. The minimum Gasteiger partial charge on any atom is -0.356 e. The van der Waals surface area contributed by atoms with Gasteiger partial charge >= 0.3 is 0 Å². The lowest BCUT2D eigenvalue weighted by Crippen LogP contribution is -2.32. The molecule has 1 aromatic carbocycles. The molecule has 0 bridgehead atoms. The van der Waals surface area contributed by atoms with Gasteiger partial charge in [-0.1, -0.05) is 22.0 Å². The molecule has 0 spiro atoms. The van der Waals surface area contributed by atoms with Gasteiger partial charge in [0.25, 0.3) is 11.8 Å². The Labute approximate surface area is 185 Å². The van der Waals surface area contributed by atoms with E-state index in [0.717, 1.165) is 20.7 Å². The average Bonchev–Trinajstić information content (AvgIpc) is 3.45. The minimum absolute atomic E-state index is 0.105. The zero-order chi connectivity index (χ0) is 21.1. The number of rotatable bonds is 8. The molecule has 0 unspecified atom stereocenters. The highest BCUT2D eigenvalue weighted by molar-refractivity contribution is 9.10. The van der Waals surface area contributed by atoms with Crippen molar-refractivity contribution in [1.29, 1.82) is 0 Å². The number of halogens is 1. The van der Waals surface area contributed by atoms with Crippen LogP contribution in [0, 0.1) is 0 Å². The number of nitrogens with one attached hydrogen (secondary N) is 2. The molecule has 0 saturated carbocycles. The van der Waals surface area contributed by atoms with Crippen LogP contribution in [0.5, 0.6) is 0 Å². The van der Waals surface area contributed by atoms with Gasteiger partial charge in [-0.15, -0.1) is 11.3 Å².